The largest absolute Gasteiger partial charge is 0.377 e. The number of rotatable bonds is 6. The predicted molar refractivity (Wildman–Crippen MR) is 76.3 cm³/mol. The number of benzene rings is 1. The topological polar surface area (TPSA) is 73.6 Å². The lowest BCUT2D eigenvalue weighted by Gasteiger charge is -2.43. The Balaban J connectivity index is 2.11. The highest BCUT2D eigenvalue weighted by Crippen LogP contribution is 2.34. The first-order valence-electron chi connectivity index (χ1n) is 6.41. The van der Waals surface area contributed by atoms with Gasteiger partial charge in [0.2, 0.25) is 0 Å². The fourth-order valence-electron chi connectivity index (χ4n) is 2.40. The summed E-state index contributed by atoms with van der Waals surface area (Å²) in [6, 6.07) is 4.43. The Morgan fingerprint density at radius 2 is 2.30 bits per heavy atom. The van der Waals surface area contributed by atoms with Crippen molar-refractivity contribution >= 4 is 23.0 Å². The third kappa shape index (κ3) is 3.03. The molecule has 0 spiro atoms. The van der Waals surface area contributed by atoms with Crippen LogP contribution in [0.2, 0.25) is 5.02 Å². The molecule has 110 valence electrons. The molecule has 0 radical (unpaired) electrons. The summed E-state index contributed by atoms with van der Waals surface area (Å²) < 4.78 is 10.9. The van der Waals surface area contributed by atoms with Gasteiger partial charge in [0.25, 0.3) is 5.69 Å². The number of nitrogens with zero attached hydrogens (tertiary/aromatic N) is 1. The molecular formula is C13H17ClN2O4. The van der Waals surface area contributed by atoms with Gasteiger partial charge in [-0.3, -0.25) is 10.1 Å². The second-order valence-electron chi connectivity index (χ2n) is 4.60. The molecule has 6 nitrogen and oxygen atoms in total. The van der Waals surface area contributed by atoms with Gasteiger partial charge in [-0.05, 0) is 25.5 Å². The van der Waals surface area contributed by atoms with Crippen molar-refractivity contribution in [2.45, 2.75) is 31.6 Å². The average molecular weight is 301 g/mol. The summed E-state index contributed by atoms with van der Waals surface area (Å²) in [6.07, 6.45) is 0.657. The second-order valence-corrected chi connectivity index (χ2v) is 5.04. The van der Waals surface area contributed by atoms with Crippen LogP contribution in [0.3, 0.4) is 0 Å². The van der Waals surface area contributed by atoms with Crippen LogP contribution in [-0.2, 0) is 9.47 Å². The molecule has 7 heteroatoms. The van der Waals surface area contributed by atoms with Gasteiger partial charge in [0.15, 0.2) is 0 Å². The number of ether oxygens (including phenoxy) is 2. The molecule has 0 aromatic heterocycles. The first kappa shape index (κ1) is 15.0. The zero-order chi connectivity index (χ0) is 14.7. The lowest BCUT2D eigenvalue weighted by atomic mass is 9.85. The summed E-state index contributed by atoms with van der Waals surface area (Å²) in [5.41, 5.74) is 0.411. The first-order valence-corrected chi connectivity index (χ1v) is 6.79. The number of nitro groups is 1. The van der Waals surface area contributed by atoms with Crippen LogP contribution in [0.4, 0.5) is 11.4 Å². The molecule has 3 atom stereocenters. The van der Waals surface area contributed by atoms with Crippen LogP contribution in [0.15, 0.2) is 18.2 Å². The number of hydrogen-bond acceptors (Lipinski definition) is 5. The van der Waals surface area contributed by atoms with Gasteiger partial charge in [0, 0.05) is 24.8 Å². The SMILES string of the molecule is CCOC1CC(Nc2cc(Cl)ccc2[N+](=O)[O-])C1OC. The summed E-state index contributed by atoms with van der Waals surface area (Å²) in [5, 5.41) is 14.6. The number of hydrogen-bond donors (Lipinski definition) is 1. The third-order valence-corrected chi connectivity index (χ3v) is 3.63. The molecule has 20 heavy (non-hydrogen) atoms. The molecular weight excluding hydrogens is 284 g/mol. The van der Waals surface area contributed by atoms with Crippen LogP contribution < -0.4 is 5.32 Å². The Morgan fingerprint density at radius 1 is 1.55 bits per heavy atom. The summed E-state index contributed by atoms with van der Waals surface area (Å²) >= 11 is 5.90. The highest BCUT2D eigenvalue weighted by molar-refractivity contribution is 6.31. The maximum Gasteiger partial charge on any atom is 0.292 e. The molecule has 1 aliphatic carbocycles. The van der Waals surface area contributed by atoms with E-state index >= 15 is 0 Å². The van der Waals surface area contributed by atoms with Crippen molar-refractivity contribution in [1.82, 2.24) is 0 Å². The second kappa shape index (κ2) is 6.39. The molecule has 1 aliphatic rings. The third-order valence-electron chi connectivity index (χ3n) is 3.40. The molecule has 1 aromatic carbocycles. The summed E-state index contributed by atoms with van der Waals surface area (Å²) in [4.78, 5) is 10.6. The van der Waals surface area contributed by atoms with Gasteiger partial charge in [-0.15, -0.1) is 0 Å². The fraction of sp³-hybridized carbons (Fsp3) is 0.538. The first-order chi connectivity index (χ1) is 9.56. The average Bonchev–Trinajstić information content (AvgIpc) is 2.37. The molecule has 0 aliphatic heterocycles. The van der Waals surface area contributed by atoms with Crippen molar-refractivity contribution < 1.29 is 14.4 Å². The Hall–Kier alpha value is -1.37. The maximum atomic E-state index is 11.0. The Kier molecular flexibility index (Phi) is 4.80. The summed E-state index contributed by atoms with van der Waals surface area (Å²) in [7, 11) is 1.61. The van der Waals surface area contributed by atoms with E-state index in [1.165, 1.54) is 12.1 Å². The number of halogens is 1. The highest BCUT2D eigenvalue weighted by Gasteiger charge is 2.42. The van der Waals surface area contributed by atoms with E-state index in [0.717, 1.165) is 6.42 Å². The Morgan fingerprint density at radius 3 is 2.90 bits per heavy atom. The van der Waals surface area contributed by atoms with Crippen molar-refractivity contribution in [2.75, 3.05) is 19.0 Å². The Labute approximate surface area is 122 Å². The fourth-order valence-corrected chi connectivity index (χ4v) is 2.57. The smallest absolute Gasteiger partial charge is 0.292 e. The quantitative estimate of drug-likeness (QED) is 0.646. The molecule has 0 bridgehead atoms. The number of nitrogens with one attached hydrogen (secondary N) is 1. The van der Waals surface area contributed by atoms with Crippen molar-refractivity contribution in [3.8, 4) is 0 Å². The van der Waals surface area contributed by atoms with E-state index in [0.29, 0.717) is 17.3 Å². The molecule has 1 N–H and O–H groups in total. The van der Waals surface area contributed by atoms with Gasteiger partial charge in [0.1, 0.15) is 11.8 Å². The van der Waals surface area contributed by atoms with E-state index in [4.69, 9.17) is 21.1 Å². The van der Waals surface area contributed by atoms with Gasteiger partial charge >= 0.3 is 0 Å². The summed E-state index contributed by atoms with van der Waals surface area (Å²) in [6.45, 7) is 2.55. The predicted octanol–water partition coefficient (Wildman–Crippen LogP) is 2.85. The van der Waals surface area contributed by atoms with E-state index in [2.05, 4.69) is 5.32 Å². The summed E-state index contributed by atoms with van der Waals surface area (Å²) in [5.74, 6) is 0. The van der Waals surface area contributed by atoms with Gasteiger partial charge in [-0.25, -0.2) is 0 Å². The molecule has 1 fully saturated rings. The minimum Gasteiger partial charge on any atom is -0.377 e. The van der Waals surface area contributed by atoms with E-state index in [1.54, 1.807) is 13.2 Å². The number of methoxy groups -OCH3 is 1. The standard InChI is InChI=1S/C13H17ClN2O4/c1-3-20-12-7-10(13(12)19-2)15-9-6-8(14)4-5-11(9)16(17)18/h4-6,10,12-13,15H,3,7H2,1-2H3. The van der Waals surface area contributed by atoms with Gasteiger partial charge < -0.3 is 14.8 Å². The van der Waals surface area contributed by atoms with Crippen LogP contribution in [0.5, 0.6) is 0 Å². The minimum absolute atomic E-state index is 0.00381. The normalized spacial score (nSPS) is 25.1. The molecule has 0 amide bonds. The monoisotopic (exact) mass is 300 g/mol. The van der Waals surface area contributed by atoms with Crippen LogP contribution in [-0.4, -0.2) is 36.9 Å². The molecule has 1 saturated carbocycles. The minimum atomic E-state index is -0.431. The lowest BCUT2D eigenvalue weighted by molar-refractivity contribution is -0.384. The van der Waals surface area contributed by atoms with E-state index in [9.17, 15) is 10.1 Å². The van der Waals surface area contributed by atoms with Crippen molar-refractivity contribution in [3.63, 3.8) is 0 Å². The zero-order valence-corrected chi connectivity index (χ0v) is 12.1. The highest BCUT2D eigenvalue weighted by atomic mass is 35.5. The lowest BCUT2D eigenvalue weighted by Crippen LogP contribution is -2.56. The zero-order valence-electron chi connectivity index (χ0n) is 11.3. The van der Waals surface area contributed by atoms with Crippen molar-refractivity contribution in [3.05, 3.63) is 33.3 Å². The van der Waals surface area contributed by atoms with Gasteiger partial charge in [0.05, 0.1) is 17.1 Å². The molecule has 2 rings (SSSR count). The molecule has 0 saturated heterocycles. The van der Waals surface area contributed by atoms with Gasteiger partial charge in [-0.2, -0.15) is 0 Å². The van der Waals surface area contributed by atoms with Gasteiger partial charge in [-0.1, -0.05) is 11.6 Å². The molecule has 3 unspecified atom stereocenters. The van der Waals surface area contributed by atoms with E-state index in [1.807, 2.05) is 6.92 Å². The van der Waals surface area contributed by atoms with E-state index < -0.39 is 4.92 Å². The van der Waals surface area contributed by atoms with Crippen LogP contribution in [0, 0.1) is 10.1 Å². The van der Waals surface area contributed by atoms with Crippen LogP contribution in [0.25, 0.3) is 0 Å². The van der Waals surface area contributed by atoms with E-state index in [-0.39, 0.29) is 23.9 Å². The number of anilines is 1. The number of nitro benzene ring substituents is 1. The van der Waals surface area contributed by atoms with Crippen molar-refractivity contribution in [1.29, 1.82) is 0 Å². The van der Waals surface area contributed by atoms with Crippen molar-refractivity contribution in [2.24, 2.45) is 0 Å². The molecule has 0 heterocycles. The maximum absolute atomic E-state index is 11.0. The van der Waals surface area contributed by atoms with Crippen LogP contribution in [0.1, 0.15) is 13.3 Å². The molecule has 1 aromatic rings. The Bertz CT molecular complexity index is 497. The van der Waals surface area contributed by atoms with Crippen LogP contribution >= 0.6 is 11.6 Å².